The Morgan fingerprint density at radius 1 is 1.05 bits per heavy atom. The van der Waals surface area contributed by atoms with Crippen molar-refractivity contribution in [2.45, 2.75) is 5.92 Å². The zero-order chi connectivity index (χ0) is 13.9. The number of methoxy groups -OCH3 is 1. The molecule has 0 spiro atoms. The fraction of sp³-hybridized carbons (Fsp3) is 0.125. The summed E-state index contributed by atoms with van der Waals surface area (Å²) < 4.78 is 5.12. The first-order valence-electron chi connectivity index (χ1n) is 6.36. The molecule has 2 aromatic rings. The van der Waals surface area contributed by atoms with Crippen molar-refractivity contribution in [3.63, 3.8) is 0 Å². The summed E-state index contributed by atoms with van der Waals surface area (Å²) in [5.41, 5.74) is 1.70. The molecule has 2 aromatic carbocycles. The van der Waals surface area contributed by atoms with Gasteiger partial charge in [0.1, 0.15) is 11.7 Å². The van der Waals surface area contributed by atoms with Crippen LogP contribution in [0.25, 0.3) is 0 Å². The lowest BCUT2D eigenvalue weighted by atomic mass is 10.00. The molecule has 3 rings (SSSR count). The van der Waals surface area contributed by atoms with Crippen molar-refractivity contribution in [1.82, 2.24) is 0 Å². The zero-order valence-electron chi connectivity index (χ0n) is 11.1. The van der Waals surface area contributed by atoms with Crippen molar-refractivity contribution in [1.29, 1.82) is 0 Å². The molecule has 0 fully saturated rings. The summed E-state index contributed by atoms with van der Waals surface area (Å²) in [7, 11) is 1.62. The van der Waals surface area contributed by atoms with Gasteiger partial charge in [0.2, 0.25) is 0 Å². The molecular formula is C16H14N2O2. The van der Waals surface area contributed by atoms with Gasteiger partial charge in [-0.3, -0.25) is 4.79 Å². The maximum absolute atomic E-state index is 12.4. The largest absolute Gasteiger partial charge is 0.497 e. The van der Waals surface area contributed by atoms with Gasteiger partial charge in [-0.2, -0.15) is 5.10 Å². The SMILES string of the molecule is COc1ccc([C@H]2C=NN(c3ccccc3)C2=O)cc1. The van der Waals surface area contributed by atoms with E-state index >= 15 is 0 Å². The van der Waals surface area contributed by atoms with Crippen LogP contribution in [0.2, 0.25) is 0 Å². The predicted molar refractivity (Wildman–Crippen MR) is 78.2 cm³/mol. The molecule has 0 aromatic heterocycles. The molecule has 0 radical (unpaired) electrons. The molecule has 0 unspecified atom stereocenters. The second-order valence-electron chi connectivity index (χ2n) is 4.50. The topological polar surface area (TPSA) is 41.9 Å². The summed E-state index contributed by atoms with van der Waals surface area (Å²) in [6.07, 6.45) is 1.68. The van der Waals surface area contributed by atoms with Gasteiger partial charge in [0, 0.05) is 6.21 Å². The molecule has 1 atom stereocenters. The number of carbonyl (C=O) groups excluding carboxylic acids is 1. The van der Waals surface area contributed by atoms with E-state index in [1.54, 1.807) is 13.3 Å². The Balaban J connectivity index is 1.84. The highest BCUT2D eigenvalue weighted by atomic mass is 16.5. The fourth-order valence-electron chi connectivity index (χ4n) is 2.19. The Morgan fingerprint density at radius 2 is 1.75 bits per heavy atom. The third-order valence-electron chi connectivity index (χ3n) is 3.28. The van der Waals surface area contributed by atoms with Crippen molar-refractivity contribution in [2.24, 2.45) is 5.10 Å². The van der Waals surface area contributed by atoms with Gasteiger partial charge in [-0.1, -0.05) is 30.3 Å². The molecule has 1 aliphatic heterocycles. The molecule has 0 N–H and O–H groups in total. The van der Waals surface area contributed by atoms with Crippen LogP contribution >= 0.6 is 0 Å². The van der Waals surface area contributed by atoms with E-state index in [4.69, 9.17) is 4.74 Å². The number of ether oxygens (including phenoxy) is 1. The van der Waals surface area contributed by atoms with Gasteiger partial charge < -0.3 is 4.74 Å². The minimum atomic E-state index is -0.332. The Bertz CT molecular complexity index is 635. The van der Waals surface area contributed by atoms with Crippen molar-refractivity contribution in [3.8, 4) is 5.75 Å². The van der Waals surface area contributed by atoms with Crippen LogP contribution in [0.4, 0.5) is 5.69 Å². The number of hydrazone groups is 1. The standard InChI is InChI=1S/C16H14N2O2/c1-20-14-9-7-12(8-10-14)15-11-17-18(16(15)19)13-5-3-2-4-6-13/h2-11,15H,1H3/t15-/m1/s1. The van der Waals surface area contributed by atoms with Crippen LogP contribution in [-0.2, 0) is 4.79 Å². The van der Waals surface area contributed by atoms with E-state index in [1.807, 2.05) is 54.6 Å². The molecule has 1 amide bonds. The van der Waals surface area contributed by atoms with Crippen LogP contribution in [0.15, 0.2) is 59.7 Å². The van der Waals surface area contributed by atoms with Gasteiger partial charge in [0.05, 0.1) is 12.8 Å². The Kier molecular flexibility index (Phi) is 3.21. The predicted octanol–water partition coefficient (Wildman–Crippen LogP) is 2.81. The number of carbonyl (C=O) groups is 1. The van der Waals surface area contributed by atoms with E-state index in [0.29, 0.717) is 0 Å². The van der Waals surface area contributed by atoms with E-state index in [9.17, 15) is 4.79 Å². The third-order valence-corrected chi connectivity index (χ3v) is 3.28. The van der Waals surface area contributed by atoms with Gasteiger partial charge in [-0.15, -0.1) is 0 Å². The molecule has 4 heteroatoms. The summed E-state index contributed by atoms with van der Waals surface area (Å²) in [4.78, 5) is 12.4. The smallest absolute Gasteiger partial charge is 0.260 e. The average molecular weight is 266 g/mol. The van der Waals surface area contributed by atoms with Gasteiger partial charge in [0.25, 0.3) is 5.91 Å². The van der Waals surface area contributed by atoms with E-state index in [0.717, 1.165) is 17.0 Å². The summed E-state index contributed by atoms with van der Waals surface area (Å²) in [6, 6.07) is 16.9. The molecule has 20 heavy (non-hydrogen) atoms. The maximum atomic E-state index is 12.4. The lowest BCUT2D eigenvalue weighted by molar-refractivity contribution is -0.118. The number of hydrogen-bond donors (Lipinski definition) is 0. The fourth-order valence-corrected chi connectivity index (χ4v) is 2.19. The first-order chi connectivity index (χ1) is 9.79. The normalized spacial score (nSPS) is 17.6. The van der Waals surface area contributed by atoms with Crippen LogP contribution in [0, 0.1) is 0 Å². The number of amides is 1. The third kappa shape index (κ3) is 2.16. The van der Waals surface area contributed by atoms with Crippen molar-refractivity contribution >= 4 is 17.8 Å². The van der Waals surface area contributed by atoms with Crippen LogP contribution in [0.5, 0.6) is 5.75 Å². The lowest BCUT2D eigenvalue weighted by Crippen LogP contribution is -2.24. The molecular weight excluding hydrogens is 252 g/mol. The number of hydrogen-bond acceptors (Lipinski definition) is 3. The Hall–Kier alpha value is -2.62. The van der Waals surface area contributed by atoms with Gasteiger partial charge >= 0.3 is 0 Å². The minimum Gasteiger partial charge on any atom is -0.497 e. The molecule has 1 heterocycles. The van der Waals surface area contributed by atoms with Gasteiger partial charge in [-0.25, -0.2) is 5.01 Å². The first kappa shape index (κ1) is 12.4. The highest BCUT2D eigenvalue weighted by Crippen LogP contribution is 2.27. The van der Waals surface area contributed by atoms with Crippen molar-refractivity contribution in [2.75, 3.05) is 12.1 Å². The number of anilines is 1. The molecule has 0 aliphatic carbocycles. The van der Waals surface area contributed by atoms with Crippen LogP contribution in [-0.4, -0.2) is 19.2 Å². The first-order valence-corrected chi connectivity index (χ1v) is 6.36. The van der Waals surface area contributed by atoms with Gasteiger partial charge in [0.15, 0.2) is 0 Å². The summed E-state index contributed by atoms with van der Waals surface area (Å²) in [5.74, 6) is 0.401. The van der Waals surface area contributed by atoms with E-state index in [-0.39, 0.29) is 11.8 Å². The lowest BCUT2D eigenvalue weighted by Gasteiger charge is -2.14. The second kappa shape index (κ2) is 5.17. The van der Waals surface area contributed by atoms with Gasteiger partial charge in [-0.05, 0) is 29.8 Å². The van der Waals surface area contributed by atoms with E-state index < -0.39 is 0 Å². The van der Waals surface area contributed by atoms with Crippen LogP contribution < -0.4 is 9.75 Å². The summed E-state index contributed by atoms with van der Waals surface area (Å²) in [6.45, 7) is 0. The number of rotatable bonds is 3. The number of benzene rings is 2. The molecule has 0 bridgehead atoms. The quantitative estimate of drug-likeness (QED) is 0.857. The van der Waals surface area contributed by atoms with Crippen LogP contribution in [0.3, 0.4) is 0 Å². The molecule has 100 valence electrons. The molecule has 0 saturated heterocycles. The van der Waals surface area contributed by atoms with E-state index in [2.05, 4.69) is 5.10 Å². The monoisotopic (exact) mass is 266 g/mol. The second-order valence-corrected chi connectivity index (χ2v) is 4.50. The number of nitrogens with zero attached hydrogens (tertiary/aromatic N) is 2. The summed E-state index contributed by atoms with van der Waals surface area (Å²) in [5, 5.41) is 5.65. The highest BCUT2D eigenvalue weighted by Gasteiger charge is 2.30. The number of para-hydroxylation sites is 1. The maximum Gasteiger partial charge on any atom is 0.260 e. The van der Waals surface area contributed by atoms with Crippen molar-refractivity contribution < 1.29 is 9.53 Å². The zero-order valence-corrected chi connectivity index (χ0v) is 11.1. The van der Waals surface area contributed by atoms with Crippen LogP contribution in [0.1, 0.15) is 11.5 Å². The molecule has 1 aliphatic rings. The van der Waals surface area contributed by atoms with Crippen molar-refractivity contribution in [3.05, 3.63) is 60.2 Å². The Morgan fingerprint density at radius 3 is 2.40 bits per heavy atom. The summed E-state index contributed by atoms with van der Waals surface area (Å²) >= 11 is 0. The minimum absolute atomic E-state index is 0.0404. The molecule has 0 saturated carbocycles. The highest BCUT2D eigenvalue weighted by molar-refractivity contribution is 6.12. The Labute approximate surface area is 117 Å². The average Bonchev–Trinajstić information content (AvgIpc) is 2.90. The van der Waals surface area contributed by atoms with E-state index in [1.165, 1.54) is 5.01 Å². The molecule has 4 nitrogen and oxygen atoms in total.